The summed E-state index contributed by atoms with van der Waals surface area (Å²) >= 11 is 0. The van der Waals surface area contributed by atoms with Gasteiger partial charge in [0.05, 0.1) is 11.4 Å². The smallest absolute Gasteiger partial charge is 0.166 e. The Morgan fingerprint density at radius 1 is 1.00 bits per heavy atom. The van der Waals surface area contributed by atoms with Crippen molar-refractivity contribution in [2.75, 3.05) is 0 Å². The SMILES string of the molecule is CCC(c1ccc(C=O)[nH]1)c1ccc(C=O)[nH]1. The number of hydrogen-bond donors (Lipinski definition) is 2. The maximum absolute atomic E-state index is 10.6. The molecule has 0 atom stereocenters. The van der Waals surface area contributed by atoms with E-state index in [0.717, 1.165) is 30.4 Å². The molecule has 88 valence electrons. The van der Waals surface area contributed by atoms with Crippen LogP contribution in [0.25, 0.3) is 0 Å². The van der Waals surface area contributed by atoms with E-state index in [2.05, 4.69) is 16.9 Å². The molecule has 4 heteroatoms. The summed E-state index contributed by atoms with van der Waals surface area (Å²) in [4.78, 5) is 27.4. The van der Waals surface area contributed by atoms with Crippen LogP contribution in [-0.2, 0) is 0 Å². The molecule has 2 N–H and O–H groups in total. The normalized spacial score (nSPS) is 10.7. The number of aromatic amines is 2. The summed E-state index contributed by atoms with van der Waals surface area (Å²) < 4.78 is 0. The molecule has 4 nitrogen and oxygen atoms in total. The summed E-state index contributed by atoms with van der Waals surface area (Å²) in [6.07, 6.45) is 2.47. The van der Waals surface area contributed by atoms with Crippen LogP contribution in [-0.4, -0.2) is 22.5 Å². The third-order valence-corrected chi connectivity index (χ3v) is 2.88. The van der Waals surface area contributed by atoms with Crippen molar-refractivity contribution < 1.29 is 9.59 Å². The molecule has 0 aliphatic rings. The number of aldehydes is 2. The zero-order valence-corrected chi connectivity index (χ0v) is 9.57. The van der Waals surface area contributed by atoms with Gasteiger partial charge in [-0.1, -0.05) is 6.92 Å². The second kappa shape index (κ2) is 4.82. The van der Waals surface area contributed by atoms with Crippen molar-refractivity contribution in [3.8, 4) is 0 Å². The zero-order chi connectivity index (χ0) is 12.3. The van der Waals surface area contributed by atoms with Crippen LogP contribution in [0.15, 0.2) is 24.3 Å². The Morgan fingerprint density at radius 3 is 1.76 bits per heavy atom. The molecule has 0 aliphatic heterocycles. The lowest BCUT2D eigenvalue weighted by molar-refractivity contribution is 0.111. The molecule has 0 spiro atoms. The highest BCUT2D eigenvalue weighted by Gasteiger charge is 2.15. The largest absolute Gasteiger partial charge is 0.356 e. The number of H-pyrrole nitrogens is 2. The fourth-order valence-corrected chi connectivity index (χ4v) is 2.01. The van der Waals surface area contributed by atoms with Crippen LogP contribution in [0.3, 0.4) is 0 Å². The molecule has 0 aromatic carbocycles. The molecule has 0 fully saturated rings. The number of carbonyl (C=O) groups excluding carboxylic acids is 2. The molecule has 0 aliphatic carbocycles. The molecule has 0 amide bonds. The highest BCUT2D eigenvalue weighted by molar-refractivity contribution is 5.73. The van der Waals surface area contributed by atoms with Crippen molar-refractivity contribution in [3.63, 3.8) is 0 Å². The Bertz CT molecular complexity index is 479. The fourth-order valence-electron chi connectivity index (χ4n) is 2.01. The summed E-state index contributed by atoms with van der Waals surface area (Å²) in [6, 6.07) is 7.32. The minimum atomic E-state index is 0.150. The highest BCUT2D eigenvalue weighted by Crippen LogP contribution is 2.26. The van der Waals surface area contributed by atoms with E-state index in [4.69, 9.17) is 0 Å². The van der Waals surface area contributed by atoms with Crippen LogP contribution in [0.2, 0.25) is 0 Å². The van der Waals surface area contributed by atoms with Crippen molar-refractivity contribution in [2.24, 2.45) is 0 Å². The van der Waals surface area contributed by atoms with Gasteiger partial charge in [-0.25, -0.2) is 0 Å². The van der Waals surface area contributed by atoms with E-state index in [-0.39, 0.29) is 5.92 Å². The lowest BCUT2D eigenvalue weighted by Crippen LogP contribution is -2.01. The average molecular weight is 230 g/mol. The van der Waals surface area contributed by atoms with Crippen molar-refractivity contribution in [1.82, 2.24) is 9.97 Å². The van der Waals surface area contributed by atoms with Gasteiger partial charge in [0, 0.05) is 17.3 Å². The van der Waals surface area contributed by atoms with Crippen LogP contribution in [0.5, 0.6) is 0 Å². The van der Waals surface area contributed by atoms with E-state index in [1.165, 1.54) is 0 Å². The molecule has 0 bridgehead atoms. The lowest BCUT2D eigenvalue weighted by atomic mass is 9.99. The van der Waals surface area contributed by atoms with Gasteiger partial charge >= 0.3 is 0 Å². The Labute approximate surface area is 99.1 Å². The maximum Gasteiger partial charge on any atom is 0.166 e. The minimum Gasteiger partial charge on any atom is -0.356 e. The van der Waals surface area contributed by atoms with Crippen molar-refractivity contribution >= 4 is 12.6 Å². The second-order valence-corrected chi connectivity index (χ2v) is 3.93. The Hall–Kier alpha value is -2.10. The summed E-state index contributed by atoms with van der Waals surface area (Å²) in [7, 11) is 0. The number of carbonyl (C=O) groups is 2. The van der Waals surface area contributed by atoms with Gasteiger partial charge in [0.2, 0.25) is 0 Å². The Morgan fingerprint density at radius 2 is 1.47 bits per heavy atom. The summed E-state index contributed by atoms with van der Waals surface area (Å²) in [6.45, 7) is 2.06. The highest BCUT2D eigenvalue weighted by atomic mass is 16.1. The predicted octanol–water partition coefficient (Wildman–Crippen LogP) is 2.51. The van der Waals surface area contributed by atoms with Crippen LogP contribution in [0.1, 0.15) is 51.6 Å². The molecule has 2 aromatic rings. The molecule has 2 rings (SSSR count). The van der Waals surface area contributed by atoms with E-state index < -0.39 is 0 Å². The van der Waals surface area contributed by atoms with Crippen molar-refractivity contribution in [1.29, 1.82) is 0 Å². The Balaban J connectivity index is 2.32. The first-order valence-electron chi connectivity index (χ1n) is 5.56. The molecule has 2 aromatic heterocycles. The number of aromatic nitrogens is 2. The first kappa shape index (κ1) is 11.4. The first-order valence-corrected chi connectivity index (χ1v) is 5.56. The summed E-state index contributed by atoms with van der Waals surface area (Å²) in [5.41, 5.74) is 3.10. The third kappa shape index (κ3) is 2.20. The molecule has 0 radical (unpaired) electrons. The Kier molecular flexibility index (Phi) is 3.23. The van der Waals surface area contributed by atoms with Gasteiger partial charge < -0.3 is 9.97 Å². The second-order valence-electron chi connectivity index (χ2n) is 3.93. The molecule has 17 heavy (non-hydrogen) atoms. The van der Waals surface area contributed by atoms with Crippen LogP contribution < -0.4 is 0 Å². The van der Waals surface area contributed by atoms with E-state index in [1.54, 1.807) is 12.1 Å². The van der Waals surface area contributed by atoms with E-state index in [0.29, 0.717) is 11.4 Å². The monoisotopic (exact) mass is 230 g/mol. The van der Waals surface area contributed by atoms with Gasteiger partial charge in [-0.2, -0.15) is 0 Å². The quantitative estimate of drug-likeness (QED) is 0.775. The van der Waals surface area contributed by atoms with Crippen LogP contribution >= 0.6 is 0 Å². The van der Waals surface area contributed by atoms with E-state index >= 15 is 0 Å². The van der Waals surface area contributed by atoms with Gasteiger partial charge in [-0.3, -0.25) is 9.59 Å². The van der Waals surface area contributed by atoms with Crippen molar-refractivity contribution in [2.45, 2.75) is 19.3 Å². The third-order valence-electron chi connectivity index (χ3n) is 2.88. The van der Waals surface area contributed by atoms with Gasteiger partial charge in [0.25, 0.3) is 0 Å². The average Bonchev–Trinajstić information content (AvgIpc) is 2.99. The number of nitrogens with one attached hydrogen (secondary N) is 2. The number of hydrogen-bond acceptors (Lipinski definition) is 2. The van der Waals surface area contributed by atoms with Gasteiger partial charge in [-0.05, 0) is 30.7 Å². The fraction of sp³-hybridized carbons (Fsp3) is 0.231. The van der Waals surface area contributed by atoms with Gasteiger partial charge in [0.1, 0.15) is 0 Å². The zero-order valence-electron chi connectivity index (χ0n) is 9.57. The predicted molar refractivity (Wildman–Crippen MR) is 64.5 cm³/mol. The van der Waals surface area contributed by atoms with Gasteiger partial charge in [-0.15, -0.1) is 0 Å². The van der Waals surface area contributed by atoms with Crippen LogP contribution in [0, 0.1) is 0 Å². The summed E-state index contributed by atoms with van der Waals surface area (Å²) in [5, 5.41) is 0. The molecular weight excluding hydrogens is 216 g/mol. The standard InChI is InChI=1S/C13H14N2O2/c1-2-11(12-5-3-9(7-16)14-12)13-6-4-10(8-17)15-13/h3-8,11,14-15H,2H2,1H3. The first-order chi connectivity index (χ1) is 8.28. The number of rotatable bonds is 5. The van der Waals surface area contributed by atoms with Gasteiger partial charge in [0.15, 0.2) is 12.6 Å². The molecule has 0 saturated heterocycles. The van der Waals surface area contributed by atoms with Crippen molar-refractivity contribution in [3.05, 3.63) is 47.0 Å². The van der Waals surface area contributed by atoms with Crippen LogP contribution in [0.4, 0.5) is 0 Å². The molecular formula is C13H14N2O2. The summed E-state index contributed by atoms with van der Waals surface area (Å²) in [5.74, 6) is 0.150. The van der Waals surface area contributed by atoms with E-state index in [9.17, 15) is 9.59 Å². The maximum atomic E-state index is 10.6. The minimum absolute atomic E-state index is 0.150. The molecule has 0 unspecified atom stereocenters. The van der Waals surface area contributed by atoms with E-state index in [1.807, 2.05) is 12.1 Å². The molecule has 0 saturated carbocycles. The molecule has 2 heterocycles. The lowest BCUT2D eigenvalue weighted by Gasteiger charge is -2.11. The topological polar surface area (TPSA) is 65.7 Å².